The summed E-state index contributed by atoms with van der Waals surface area (Å²) in [5.41, 5.74) is 2.97. The van der Waals surface area contributed by atoms with Crippen LogP contribution >= 0.6 is 23.5 Å². The van der Waals surface area contributed by atoms with Crippen LogP contribution in [-0.4, -0.2) is 29.6 Å². The second-order valence-electron chi connectivity index (χ2n) is 6.18. The predicted octanol–water partition coefficient (Wildman–Crippen LogP) is 4.71. The van der Waals surface area contributed by atoms with Gasteiger partial charge in [0, 0.05) is 16.3 Å². The number of thioether (sulfide) groups is 2. The zero-order chi connectivity index (χ0) is 20.1. The number of nitrogens with one attached hydrogen (secondary N) is 1. The van der Waals surface area contributed by atoms with Gasteiger partial charge < -0.3 is 15.2 Å². The number of carboxylic acids is 1. The zero-order valence-electron chi connectivity index (χ0n) is 15.9. The molecule has 0 saturated carbocycles. The minimum absolute atomic E-state index is 0.287. The Morgan fingerprint density at radius 3 is 2.57 bits per heavy atom. The number of nitrogens with zero attached hydrogens (tertiary/aromatic N) is 1. The molecule has 28 heavy (non-hydrogen) atoms. The second-order valence-corrected chi connectivity index (χ2v) is 8.00. The van der Waals surface area contributed by atoms with Crippen molar-refractivity contribution in [2.45, 2.75) is 23.6 Å². The van der Waals surface area contributed by atoms with E-state index in [1.807, 2.05) is 54.8 Å². The highest BCUT2D eigenvalue weighted by molar-refractivity contribution is 8.13. The van der Waals surface area contributed by atoms with E-state index in [1.165, 1.54) is 0 Å². The van der Waals surface area contributed by atoms with Crippen LogP contribution < -0.4 is 10.1 Å². The minimum atomic E-state index is -0.950. The minimum Gasteiger partial charge on any atom is -0.497 e. The normalized spacial score (nSPS) is 16.4. The van der Waals surface area contributed by atoms with Crippen molar-refractivity contribution in [3.63, 3.8) is 0 Å². The van der Waals surface area contributed by atoms with Gasteiger partial charge in [0.25, 0.3) is 0 Å². The van der Waals surface area contributed by atoms with Crippen LogP contribution in [0.2, 0.25) is 0 Å². The molecule has 0 saturated heterocycles. The van der Waals surface area contributed by atoms with Crippen molar-refractivity contribution in [2.24, 2.45) is 4.99 Å². The van der Waals surface area contributed by atoms with Gasteiger partial charge in [-0.15, -0.1) is 11.8 Å². The number of hydrogen-bond acceptors (Lipinski definition) is 6. The molecule has 0 bridgehead atoms. The van der Waals surface area contributed by atoms with Gasteiger partial charge in [-0.2, -0.15) is 0 Å². The smallest absolute Gasteiger partial charge is 0.335 e. The summed E-state index contributed by atoms with van der Waals surface area (Å²) in [5, 5.41) is 13.6. The maximum Gasteiger partial charge on any atom is 0.335 e. The molecule has 0 aliphatic carbocycles. The van der Waals surface area contributed by atoms with Gasteiger partial charge in [-0.1, -0.05) is 42.1 Å². The molecule has 1 unspecified atom stereocenters. The van der Waals surface area contributed by atoms with E-state index in [9.17, 15) is 9.90 Å². The first kappa shape index (κ1) is 20.4. The van der Waals surface area contributed by atoms with Gasteiger partial charge in [0.1, 0.15) is 11.8 Å². The fraction of sp³-hybridized carbons (Fsp3) is 0.238. The van der Waals surface area contributed by atoms with E-state index < -0.39 is 12.0 Å². The third-order valence-electron chi connectivity index (χ3n) is 4.42. The Bertz CT molecular complexity index is 924. The number of benzene rings is 2. The van der Waals surface area contributed by atoms with Crippen LogP contribution in [0.15, 0.2) is 69.7 Å². The number of hydrogen-bond donors (Lipinski definition) is 2. The number of amidine groups is 1. The number of ether oxygens (including phenoxy) is 1. The van der Waals surface area contributed by atoms with E-state index in [-0.39, 0.29) is 5.57 Å². The van der Waals surface area contributed by atoms with Crippen molar-refractivity contribution in [1.29, 1.82) is 0 Å². The average molecular weight is 415 g/mol. The molecule has 2 N–H and O–H groups in total. The lowest BCUT2D eigenvalue weighted by molar-refractivity contribution is -0.133. The molecule has 5 nitrogen and oxygen atoms in total. The Balaban J connectivity index is 1.87. The van der Waals surface area contributed by atoms with Crippen molar-refractivity contribution in [3.05, 3.63) is 70.9 Å². The van der Waals surface area contributed by atoms with Gasteiger partial charge >= 0.3 is 5.97 Å². The number of carbonyl (C=O) groups is 1. The van der Waals surface area contributed by atoms with Crippen LogP contribution in [0.25, 0.3) is 0 Å². The molecule has 3 rings (SSSR count). The van der Waals surface area contributed by atoms with Gasteiger partial charge in [0.2, 0.25) is 0 Å². The van der Waals surface area contributed by atoms with Gasteiger partial charge in [-0.3, -0.25) is 0 Å². The highest BCUT2D eigenvalue weighted by atomic mass is 32.2. The maximum atomic E-state index is 11.9. The molecule has 2 aromatic rings. The molecule has 7 heteroatoms. The second kappa shape index (κ2) is 9.21. The van der Waals surface area contributed by atoms with Gasteiger partial charge in [0.15, 0.2) is 5.17 Å². The van der Waals surface area contributed by atoms with E-state index in [0.29, 0.717) is 5.70 Å². The van der Waals surface area contributed by atoms with E-state index in [0.717, 1.165) is 32.7 Å². The standard InChI is InChI=1S/C21H22N2O3S2/c1-13-18(20(24)25)19(16-6-4-5-7-17(16)27-3)23-21(22-13)28-12-14-8-10-15(26-2)11-9-14/h4-11,19H,12H2,1-3H3,(H,22,23)(H,24,25). The first-order valence-electron chi connectivity index (χ1n) is 8.71. The number of aliphatic imine (C=N–C) groups is 1. The highest BCUT2D eigenvalue weighted by Gasteiger charge is 2.30. The topological polar surface area (TPSA) is 70.9 Å². The van der Waals surface area contributed by atoms with Crippen LogP contribution in [0, 0.1) is 0 Å². The Morgan fingerprint density at radius 1 is 1.21 bits per heavy atom. The molecule has 146 valence electrons. The molecule has 1 heterocycles. The number of methoxy groups -OCH3 is 1. The molecular formula is C21H22N2O3S2. The van der Waals surface area contributed by atoms with Crippen molar-refractivity contribution in [2.75, 3.05) is 13.4 Å². The molecule has 0 amide bonds. The molecular weight excluding hydrogens is 392 g/mol. The average Bonchev–Trinajstić information content (AvgIpc) is 2.71. The van der Waals surface area contributed by atoms with Crippen LogP contribution in [0.3, 0.4) is 0 Å². The fourth-order valence-corrected chi connectivity index (χ4v) is 4.52. The number of rotatable bonds is 6. The lowest BCUT2D eigenvalue weighted by atomic mass is 9.96. The van der Waals surface area contributed by atoms with E-state index in [2.05, 4.69) is 5.32 Å². The van der Waals surface area contributed by atoms with Gasteiger partial charge in [-0.05, 0) is 42.5 Å². The van der Waals surface area contributed by atoms with Crippen molar-refractivity contribution in [3.8, 4) is 5.75 Å². The molecule has 1 aliphatic rings. The monoisotopic (exact) mass is 414 g/mol. The fourth-order valence-electron chi connectivity index (χ4n) is 2.99. The quantitative estimate of drug-likeness (QED) is 0.667. The van der Waals surface area contributed by atoms with Gasteiger partial charge in [-0.25, -0.2) is 9.79 Å². The molecule has 0 aromatic heterocycles. The van der Waals surface area contributed by atoms with Crippen molar-refractivity contribution >= 4 is 34.7 Å². The first-order valence-corrected chi connectivity index (χ1v) is 10.9. The lowest BCUT2D eigenvalue weighted by Gasteiger charge is -2.25. The summed E-state index contributed by atoms with van der Waals surface area (Å²) in [4.78, 5) is 17.7. The summed E-state index contributed by atoms with van der Waals surface area (Å²) in [7, 11) is 1.64. The molecule has 2 aromatic carbocycles. The molecule has 1 atom stereocenters. The molecule has 0 fully saturated rings. The summed E-state index contributed by atoms with van der Waals surface area (Å²) in [5.74, 6) is 0.594. The van der Waals surface area contributed by atoms with Crippen LogP contribution in [0.4, 0.5) is 0 Å². The summed E-state index contributed by atoms with van der Waals surface area (Å²) in [6.07, 6.45) is 1.99. The summed E-state index contributed by atoms with van der Waals surface area (Å²) >= 11 is 3.15. The van der Waals surface area contributed by atoms with Crippen LogP contribution in [0.5, 0.6) is 5.75 Å². The number of carboxylic acid groups (broad SMARTS) is 1. The van der Waals surface area contributed by atoms with Crippen molar-refractivity contribution in [1.82, 2.24) is 5.32 Å². The summed E-state index contributed by atoms with van der Waals surface area (Å²) in [6.45, 7) is 1.79. The Kier molecular flexibility index (Phi) is 6.70. The Hall–Kier alpha value is -2.38. The number of allylic oxidation sites excluding steroid dienone is 1. The van der Waals surface area contributed by atoms with Crippen LogP contribution in [-0.2, 0) is 10.5 Å². The molecule has 1 aliphatic heterocycles. The van der Waals surface area contributed by atoms with E-state index in [1.54, 1.807) is 37.6 Å². The third-order valence-corrected chi connectivity index (χ3v) is 6.19. The Morgan fingerprint density at radius 2 is 1.93 bits per heavy atom. The Labute approximate surface area is 173 Å². The van der Waals surface area contributed by atoms with E-state index >= 15 is 0 Å². The summed E-state index contributed by atoms with van der Waals surface area (Å²) in [6, 6.07) is 15.2. The zero-order valence-corrected chi connectivity index (χ0v) is 17.6. The summed E-state index contributed by atoms with van der Waals surface area (Å²) < 4.78 is 5.19. The lowest BCUT2D eigenvalue weighted by Crippen LogP contribution is -2.30. The predicted molar refractivity (Wildman–Crippen MR) is 116 cm³/mol. The van der Waals surface area contributed by atoms with Crippen LogP contribution in [0.1, 0.15) is 24.1 Å². The number of aliphatic carboxylic acids is 1. The van der Waals surface area contributed by atoms with E-state index in [4.69, 9.17) is 9.73 Å². The molecule has 0 radical (unpaired) electrons. The SMILES string of the molecule is COc1ccc(CSC2=NC(c3ccccc3SC)C(C(=O)O)=C(C)N2)cc1. The first-order chi connectivity index (χ1) is 13.5. The molecule has 0 spiro atoms. The highest BCUT2D eigenvalue weighted by Crippen LogP contribution is 2.37. The largest absolute Gasteiger partial charge is 0.497 e. The third kappa shape index (κ3) is 4.54. The van der Waals surface area contributed by atoms with Crippen molar-refractivity contribution < 1.29 is 14.6 Å². The maximum absolute atomic E-state index is 11.9. The van der Waals surface area contributed by atoms with Gasteiger partial charge in [0.05, 0.1) is 12.7 Å².